The number of carbonyl (C=O) groups excluding carboxylic acids is 2. The summed E-state index contributed by atoms with van der Waals surface area (Å²) in [5.74, 6) is 0.945. The standard InChI is InChI=1S/C38H26O6/c1-2-41-28-18-20-32-31(22-28)35(37(44-32)27-11-7-4-8-12-27)38(40)42-29-17-19-30-33(23-29)43-34(36(30)39)21-24-13-15-26(16-14-24)25-9-5-3-6-10-25/h3-23H,2H2,1H3/b34-21-. The molecule has 0 spiro atoms. The molecule has 0 saturated heterocycles. The fourth-order valence-corrected chi connectivity index (χ4v) is 5.27. The van der Waals surface area contributed by atoms with Gasteiger partial charge in [0.05, 0.1) is 12.2 Å². The van der Waals surface area contributed by atoms with E-state index in [9.17, 15) is 9.59 Å². The van der Waals surface area contributed by atoms with Gasteiger partial charge in [-0.25, -0.2) is 4.79 Å². The fraction of sp³-hybridized carbons (Fsp3) is 0.0526. The molecule has 6 aromatic rings. The minimum atomic E-state index is -0.602. The summed E-state index contributed by atoms with van der Waals surface area (Å²) >= 11 is 0. The van der Waals surface area contributed by atoms with Gasteiger partial charge in [0.25, 0.3) is 0 Å². The number of carbonyl (C=O) groups is 2. The average molecular weight is 579 g/mol. The van der Waals surface area contributed by atoms with Crippen molar-refractivity contribution in [3.05, 3.63) is 144 Å². The maximum Gasteiger partial charge on any atom is 0.348 e. The Morgan fingerprint density at radius 3 is 2.16 bits per heavy atom. The zero-order chi connectivity index (χ0) is 30.0. The monoisotopic (exact) mass is 578 g/mol. The second kappa shape index (κ2) is 11.4. The minimum Gasteiger partial charge on any atom is -0.494 e. The van der Waals surface area contributed by atoms with Crippen molar-refractivity contribution in [2.75, 3.05) is 6.61 Å². The smallest absolute Gasteiger partial charge is 0.348 e. The molecule has 0 fully saturated rings. The van der Waals surface area contributed by atoms with E-state index in [0.717, 1.165) is 22.3 Å². The molecular formula is C38H26O6. The van der Waals surface area contributed by atoms with Crippen LogP contribution < -0.4 is 14.2 Å². The van der Waals surface area contributed by atoms with Crippen LogP contribution in [0.5, 0.6) is 17.2 Å². The summed E-state index contributed by atoms with van der Waals surface area (Å²) in [6, 6.07) is 37.5. The van der Waals surface area contributed by atoms with Gasteiger partial charge >= 0.3 is 5.97 Å². The Labute approximate surface area is 253 Å². The first-order chi connectivity index (χ1) is 21.6. The van der Waals surface area contributed by atoms with Crippen LogP contribution in [-0.2, 0) is 0 Å². The fourth-order valence-electron chi connectivity index (χ4n) is 5.27. The van der Waals surface area contributed by atoms with Gasteiger partial charge in [-0.3, -0.25) is 4.79 Å². The molecule has 7 rings (SSSR count). The Hall–Kier alpha value is -5.88. The average Bonchev–Trinajstić information content (AvgIpc) is 3.59. The topological polar surface area (TPSA) is 75.0 Å². The third-order valence-corrected chi connectivity index (χ3v) is 7.38. The third-order valence-electron chi connectivity index (χ3n) is 7.38. The highest BCUT2D eigenvalue weighted by Crippen LogP contribution is 2.38. The number of hydrogen-bond donors (Lipinski definition) is 0. The first-order valence-electron chi connectivity index (χ1n) is 14.3. The van der Waals surface area contributed by atoms with E-state index in [1.54, 1.807) is 42.5 Å². The number of furan rings is 1. The first kappa shape index (κ1) is 27.0. The van der Waals surface area contributed by atoms with E-state index in [-0.39, 0.29) is 22.9 Å². The normalized spacial score (nSPS) is 13.1. The van der Waals surface area contributed by atoms with E-state index in [0.29, 0.717) is 40.4 Å². The van der Waals surface area contributed by atoms with Crippen LogP contribution in [0.2, 0.25) is 0 Å². The summed E-state index contributed by atoms with van der Waals surface area (Å²) in [7, 11) is 0. The Balaban J connectivity index is 1.16. The van der Waals surface area contributed by atoms with Crippen LogP contribution in [0.15, 0.2) is 132 Å². The molecule has 44 heavy (non-hydrogen) atoms. The molecule has 214 valence electrons. The van der Waals surface area contributed by atoms with Crippen molar-refractivity contribution < 1.29 is 28.2 Å². The first-order valence-corrected chi connectivity index (χ1v) is 14.3. The van der Waals surface area contributed by atoms with Crippen LogP contribution >= 0.6 is 0 Å². The highest BCUT2D eigenvalue weighted by Gasteiger charge is 2.29. The van der Waals surface area contributed by atoms with Gasteiger partial charge in [0.15, 0.2) is 5.76 Å². The number of esters is 1. The Kier molecular flexibility index (Phi) is 7.00. The van der Waals surface area contributed by atoms with E-state index in [1.165, 1.54) is 0 Å². The van der Waals surface area contributed by atoms with Crippen molar-refractivity contribution in [2.24, 2.45) is 0 Å². The molecule has 6 heteroatoms. The van der Waals surface area contributed by atoms with Gasteiger partial charge in [-0.2, -0.15) is 0 Å². The largest absolute Gasteiger partial charge is 0.494 e. The molecule has 0 amide bonds. The van der Waals surface area contributed by atoms with Gasteiger partial charge in [-0.1, -0.05) is 84.9 Å². The summed E-state index contributed by atoms with van der Waals surface area (Å²) in [5, 5.41) is 0.580. The molecule has 0 N–H and O–H groups in total. The zero-order valence-electron chi connectivity index (χ0n) is 23.8. The molecule has 2 heterocycles. The summed E-state index contributed by atoms with van der Waals surface area (Å²) < 4.78 is 23.6. The Bertz CT molecular complexity index is 2040. The summed E-state index contributed by atoms with van der Waals surface area (Å²) in [4.78, 5) is 26.8. The number of Topliss-reactive ketones (excluding diaryl/α,β-unsaturated/α-hetero) is 1. The molecule has 0 aliphatic carbocycles. The predicted octanol–water partition coefficient (Wildman–Crippen LogP) is 9.00. The van der Waals surface area contributed by atoms with Gasteiger partial charge < -0.3 is 18.6 Å². The van der Waals surface area contributed by atoms with Gasteiger partial charge in [0.1, 0.15) is 34.2 Å². The van der Waals surface area contributed by atoms with Crippen LogP contribution in [0.3, 0.4) is 0 Å². The number of rotatable bonds is 7. The molecule has 1 aliphatic heterocycles. The molecule has 0 atom stereocenters. The van der Waals surface area contributed by atoms with Crippen molar-refractivity contribution in [1.29, 1.82) is 0 Å². The molecule has 0 bridgehead atoms. The van der Waals surface area contributed by atoms with Crippen molar-refractivity contribution in [1.82, 2.24) is 0 Å². The maximum absolute atomic E-state index is 13.7. The summed E-state index contributed by atoms with van der Waals surface area (Å²) in [6.45, 7) is 2.38. The highest BCUT2D eigenvalue weighted by atomic mass is 16.5. The van der Waals surface area contributed by atoms with Crippen LogP contribution in [0.1, 0.15) is 33.2 Å². The molecule has 5 aromatic carbocycles. The van der Waals surface area contributed by atoms with Crippen molar-refractivity contribution in [3.63, 3.8) is 0 Å². The number of ether oxygens (including phenoxy) is 3. The van der Waals surface area contributed by atoms with Crippen LogP contribution in [0.25, 0.3) is 39.5 Å². The van der Waals surface area contributed by atoms with Gasteiger partial charge in [-0.15, -0.1) is 0 Å². The SMILES string of the molecule is CCOc1ccc2oc(-c3ccccc3)c(C(=O)Oc3ccc4c(c3)O/C(=C\c3ccc(-c5ccccc5)cc3)C4=O)c2c1. The number of fused-ring (bicyclic) bond motifs is 2. The van der Waals surface area contributed by atoms with Crippen LogP contribution in [0, 0.1) is 0 Å². The van der Waals surface area contributed by atoms with E-state index in [1.807, 2.05) is 91.9 Å². The second-order valence-electron chi connectivity index (χ2n) is 10.2. The van der Waals surface area contributed by atoms with E-state index in [2.05, 4.69) is 0 Å². The van der Waals surface area contributed by atoms with E-state index in [4.69, 9.17) is 18.6 Å². The molecule has 0 saturated carbocycles. The van der Waals surface area contributed by atoms with Gasteiger partial charge in [-0.05, 0) is 60.0 Å². The van der Waals surface area contributed by atoms with E-state index >= 15 is 0 Å². The van der Waals surface area contributed by atoms with Gasteiger partial charge in [0.2, 0.25) is 5.78 Å². The van der Waals surface area contributed by atoms with Crippen molar-refractivity contribution in [3.8, 4) is 39.7 Å². The third kappa shape index (κ3) is 5.14. The number of hydrogen-bond acceptors (Lipinski definition) is 6. The molecule has 0 radical (unpaired) electrons. The molecule has 0 unspecified atom stereocenters. The number of benzene rings is 5. The van der Waals surface area contributed by atoms with E-state index < -0.39 is 5.97 Å². The maximum atomic E-state index is 13.7. The number of allylic oxidation sites excluding steroid dienone is 1. The predicted molar refractivity (Wildman–Crippen MR) is 169 cm³/mol. The number of ketones is 1. The quantitative estimate of drug-likeness (QED) is 0.107. The Morgan fingerprint density at radius 1 is 0.750 bits per heavy atom. The molecular weight excluding hydrogens is 552 g/mol. The lowest BCUT2D eigenvalue weighted by molar-refractivity contribution is 0.0736. The van der Waals surface area contributed by atoms with Crippen molar-refractivity contribution >= 4 is 28.8 Å². The second-order valence-corrected chi connectivity index (χ2v) is 10.2. The van der Waals surface area contributed by atoms with Crippen molar-refractivity contribution in [2.45, 2.75) is 6.92 Å². The highest BCUT2D eigenvalue weighted by molar-refractivity contribution is 6.15. The van der Waals surface area contributed by atoms with Crippen LogP contribution in [-0.4, -0.2) is 18.4 Å². The van der Waals surface area contributed by atoms with Gasteiger partial charge in [0, 0.05) is 17.0 Å². The zero-order valence-corrected chi connectivity index (χ0v) is 23.8. The lowest BCUT2D eigenvalue weighted by Gasteiger charge is -2.07. The lowest BCUT2D eigenvalue weighted by Crippen LogP contribution is -2.09. The molecule has 1 aliphatic rings. The minimum absolute atomic E-state index is 0.201. The Morgan fingerprint density at radius 2 is 1.43 bits per heavy atom. The summed E-state index contributed by atoms with van der Waals surface area (Å²) in [6.07, 6.45) is 1.71. The summed E-state index contributed by atoms with van der Waals surface area (Å²) in [5.41, 5.74) is 4.98. The molecule has 1 aromatic heterocycles. The van der Waals surface area contributed by atoms with Crippen LogP contribution in [0.4, 0.5) is 0 Å². The lowest BCUT2D eigenvalue weighted by atomic mass is 10.0. The molecule has 6 nitrogen and oxygen atoms in total.